The van der Waals surface area contributed by atoms with Crippen LogP contribution in [0.3, 0.4) is 0 Å². The van der Waals surface area contributed by atoms with Crippen LogP contribution in [0.15, 0.2) is 66.7 Å². The zero-order valence-corrected chi connectivity index (χ0v) is 21.3. The van der Waals surface area contributed by atoms with Crippen LogP contribution in [0.4, 0.5) is 0 Å². The Morgan fingerprint density at radius 2 is 1.40 bits per heavy atom. The summed E-state index contributed by atoms with van der Waals surface area (Å²) in [5.41, 5.74) is 4.07. The van der Waals surface area contributed by atoms with Crippen LogP contribution in [0.1, 0.15) is 83.9 Å². The summed E-state index contributed by atoms with van der Waals surface area (Å²) < 4.78 is 11.1. The Balaban J connectivity index is 1.58. The first kappa shape index (κ1) is 26.2. The molecule has 0 aliphatic heterocycles. The third kappa shape index (κ3) is 7.81. The van der Waals surface area contributed by atoms with E-state index in [0.29, 0.717) is 34.1 Å². The minimum absolute atomic E-state index is 0.393. The molecule has 0 aliphatic carbocycles. The van der Waals surface area contributed by atoms with Crippen molar-refractivity contribution in [3.8, 4) is 11.5 Å². The highest BCUT2D eigenvalue weighted by Gasteiger charge is 2.15. The van der Waals surface area contributed by atoms with E-state index in [0.717, 1.165) is 25.7 Å². The number of hydrogen-bond acceptors (Lipinski definition) is 4. The van der Waals surface area contributed by atoms with E-state index in [4.69, 9.17) is 9.47 Å². The summed E-state index contributed by atoms with van der Waals surface area (Å²) in [6.07, 6.45) is 6.72. The average molecular weight is 473 g/mol. The minimum Gasteiger partial charge on any atom is -0.423 e. The maximum atomic E-state index is 12.7. The van der Waals surface area contributed by atoms with Crippen molar-refractivity contribution in [3.63, 3.8) is 0 Å². The fourth-order valence-electron chi connectivity index (χ4n) is 3.88. The van der Waals surface area contributed by atoms with Gasteiger partial charge >= 0.3 is 11.9 Å². The van der Waals surface area contributed by atoms with Crippen molar-refractivity contribution < 1.29 is 19.1 Å². The molecule has 0 saturated heterocycles. The van der Waals surface area contributed by atoms with Crippen LogP contribution in [0, 0.1) is 12.8 Å². The number of benzene rings is 3. The van der Waals surface area contributed by atoms with Crippen molar-refractivity contribution in [3.05, 3.63) is 94.5 Å². The molecule has 0 spiro atoms. The lowest BCUT2D eigenvalue weighted by Crippen LogP contribution is -2.12. The molecule has 0 heterocycles. The van der Waals surface area contributed by atoms with Crippen molar-refractivity contribution in [2.24, 2.45) is 5.92 Å². The third-order valence-electron chi connectivity index (χ3n) is 6.30. The number of rotatable bonds is 11. The largest absolute Gasteiger partial charge is 0.423 e. The predicted octanol–water partition coefficient (Wildman–Crippen LogP) is 7.75. The Morgan fingerprint density at radius 3 is 2.03 bits per heavy atom. The zero-order valence-electron chi connectivity index (χ0n) is 21.3. The number of unbranched alkanes of at least 4 members (excludes halogenated alkanes) is 2. The summed E-state index contributed by atoms with van der Waals surface area (Å²) >= 11 is 0. The highest BCUT2D eigenvalue weighted by Crippen LogP contribution is 2.22. The summed E-state index contributed by atoms with van der Waals surface area (Å²) in [5, 5.41) is 0. The summed E-state index contributed by atoms with van der Waals surface area (Å²) in [5.74, 6) is 0.658. The standard InChI is InChI=1S/C31H36O4/c1-5-7-8-9-24-12-16-27(17-13-24)34-31(33)29-19-18-28(21-23(29)4)35-30(32)26-14-10-25(11-15-26)20-22(3)6-2/h10-19,21-22H,5-9,20H2,1-4H3. The van der Waals surface area contributed by atoms with Gasteiger partial charge in [-0.1, -0.05) is 64.3 Å². The maximum absolute atomic E-state index is 12.7. The Hall–Kier alpha value is -3.40. The van der Waals surface area contributed by atoms with Crippen molar-refractivity contribution >= 4 is 11.9 Å². The van der Waals surface area contributed by atoms with Gasteiger partial charge in [-0.05, 0) is 91.3 Å². The number of aryl methyl sites for hydroxylation is 2. The lowest BCUT2D eigenvalue weighted by atomic mass is 9.98. The van der Waals surface area contributed by atoms with E-state index in [1.54, 1.807) is 37.3 Å². The molecule has 1 unspecified atom stereocenters. The van der Waals surface area contributed by atoms with Crippen LogP contribution in [0.2, 0.25) is 0 Å². The molecule has 0 aromatic heterocycles. The summed E-state index contributed by atoms with van der Waals surface area (Å²) in [6, 6.07) is 20.2. The number of esters is 2. The van der Waals surface area contributed by atoms with Gasteiger partial charge in [0.25, 0.3) is 0 Å². The van der Waals surface area contributed by atoms with E-state index in [1.807, 2.05) is 36.4 Å². The van der Waals surface area contributed by atoms with Crippen molar-refractivity contribution in [1.29, 1.82) is 0 Å². The minimum atomic E-state index is -0.434. The molecule has 184 valence electrons. The second-order valence-electron chi connectivity index (χ2n) is 9.27. The zero-order chi connectivity index (χ0) is 25.2. The molecule has 4 heteroatoms. The SMILES string of the molecule is CCCCCc1ccc(OC(=O)c2ccc(OC(=O)c3ccc(CC(C)CC)cc3)cc2C)cc1. The molecule has 0 aliphatic rings. The molecule has 3 rings (SSSR count). The average Bonchev–Trinajstić information content (AvgIpc) is 2.85. The summed E-state index contributed by atoms with van der Waals surface area (Å²) in [4.78, 5) is 25.3. The highest BCUT2D eigenvalue weighted by molar-refractivity contribution is 5.93. The van der Waals surface area contributed by atoms with E-state index >= 15 is 0 Å². The summed E-state index contributed by atoms with van der Waals surface area (Å²) in [6.45, 7) is 8.38. The number of carbonyl (C=O) groups is 2. The fourth-order valence-corrected chi connectivity index (χ4v) is 3.88. The molecule has 0 saturated carbocycles. The maximum Gasteiger partial charge on any atom is 0.343 e. The van der Waals surface area contributed by atoms with Gasteiger partial charge in [0, 0.05) is 0 Å². The van der Waals surface area contributed by atoms with E-state index in [1.165, 1.54) is 24.0 Å². The van der Waals surface area contributed by atoms with Crippen LogP contribution in [0.25, 0.3) is 0 Å². The molecule has 4 nitrogen and oxygen atoms in total. The molecular weight excluding hydrogens is 436 g/mol. The first-order valence-corrected chi connectivity index (χ1v) is 12.6. The molecule has 3 aromatic rings. The van der Waals surface area contributed by atoms with Gasteiger partial charge in [0.2, 0.25) is 0 Å². The van der Waals surface area contributed by atoms with Crippen LogP contribution in [-0.2, 0) is 12.8 Å². The molecular formula is C31H36O4. The molecule has 35 heavy (non-hydrogen) atoms. The molecule has 0 bridgehead atoms. The quantitative estimate of drug-likeness (QED) is 0.163. The number of hydrogen-bond donors (Lipinski definition) is 0. The molecule has 0 fully saturated rings. The Kier molecular flexibility index (Phi) is 9.66. The normalized spacial score (nSPS) is 11.7. The van der Waals surface area contributed by atoms with Gasteiger partial charge in [0.1, 0.15) is 11.5 Å². The van der Waals surface area contributed by atoms with E-state index in [2.05, 4.69) is 20.8 Å². The van der Waals surface area contributed by atoms with E-state index < -0.39 is 11.9 Å². The van der Waals surface area contributed by atoms with Crippen LogP contribution >= 0.6 is 0 Å². The summed E-state index contributed by atoms with van der Waals surface area (Å²) in [7, 11) is 0. The lowest BCUT2D eigenvalue weighted by Gasteiger charge is -2.11. The van der Waals surface area contributed by atoms with Gasteiger partial charge in [-0.25, -0.2) is 9.59 Å². The third-order valence-corrected chi connectivity index (χ3v) is 6.30. The molecule has 3 aromatic carbocycles. The van der Waals surface area contributed by atoms with Crippen LogP contribution < -0.4 is 9.47 Å². The van der Waals surface area contributed by atoms with Gasteiger partial charge in [-0.3, -0.25) is 0 Å². The molecule has 1 atom stereocenters. The monoisotopic (exact) mass is 472 g/mol. The van der Waals surface area contributed by atoms with Crippen molar-refractivity contribution in [1.82, 2.24) is 0 Å². The second kappa shape index (κ2) is 12.9. The fraction of sp³-hybridized carbons (Fsp3) is 0.355. The van der Waals surface area contributed by atoms with Crippen LogP contribution in [-0.4, -0.2) is 11.9 Å². The van der Waals surface area contributed by atoms with Crippen molar-refractivity contribution in [2.75, 3.05) is 0 Å². The predicted molar refractivity (Wildman–Crippen MR) is 140 cm³/mol. The van der Waals surface area contributed by atoms with Gasteiger partial charge in [0.05, 0.1) is 11.1 Å². The first-order valence-electron chi connectivity index (χ1n) is 12.6. The van der Waals surface area contributed by atoms with Crippen molar-refractivity contribution in [2.45, 2.75) is 66.2 Å². The van der Waals surface area contributed by atoms with Gasteiger partial charge < -0.3 is 9.47 Å². The molecule has 0 amide bonds. The highest BCUT2D eigenvalue weighted by atomic mass is 16.5. The molecule has 0 N–H and O–H groups in total. The molecule has 0 radical (unpaired) electrons. The van der Waals surface area contributed by atoms with E-state index in [9.17, 15) is 9.59 Å². The first-order chi connectivity index (χ1) is 16.9. The smallest absolute Gasteiger partial charge is 0.343 e. The van der Waals surface area contributed by atoms with Gasteiger partial charge in [-0.2, -0.15) is 0 Å². The topological polar surface area (TPSA) is 52.6 Å². The number of ether oxygens (including phenoxy) is 2. The Labute approximate surface area is 209 Å². The lowest BCUT2D eigenvalue weighted by molar-refractivity contribution is 0.0730. The van der Waals surface area contributed by atoms with Gasteiger partial charge in [0.15, 0.2) is 0 Å². The van der Waals surface area contributed by atoms with Gasteiger partial charge in [-0.15, -0.1) is 0 Å². The second-order valence-corrected chi connectivity index (χ2v) is 9.27. The van der Waals surface area contributed by atoms with Crippen LogP contribution in [0.5, 0.6) is 11.5 Å². The Morgan fingerprint density at radius 1 is 0.771 bits per heavy atom. The Bertz CT molecular complexity index is 1110. The van der Waals surface area contributed by atoms with E-state index in [-0.39, 0.29) is 0 Å². The number of carbonyl (C=O) groups excluding carboxylic acids is 2.